The van der Waals surface area contributed by atoms with Gasteiger partial charge in [0, 0.05) is 29.6 Å². The molecule has 0 aliphatic rings. The van der Waals surface area contributed by atoms with E-state index in [9.17, 15) is 0 Å². The molecule has 0 bridgehead atoms. The van der Waals surface area contributed by atoms with Gasteiger partial charge in [-0.3, -0.25) is 0 Å². The van der Waals surface area contributed by atoms with E-state index in [1.54, 1.807) is 0 Å². The van der Waals surface area contributed by atoms with Gasteiger partial charge in [0.1, 0.15) is 5.82 Å². The van der Waals surface area contributed by atoms with Crippen molar-refractivity contribution in [2.75, 3.05) is 11.9 Å². The molecular weight excluding hydrogens is 348 g/mol. The monoisotopic (exact) mass is 366 g/mol. The summed E-state index contributed by atoms with van der Waals surface area (Å²) in [4.78, 5) is 6.91. The van der Waals surface area contributed by atoms with Gasteiger partial charge in [0.05, 0.1) is 0 Å². The van der Waals surface area contributed by atoms with Crippen LogP contribution in [0.4, 0.5) is 5.82 Å². The van der Waals surface area contributed by atoms with Crippen LogP contribution in [-0.4, -0.2) is 12.0 Å². The van der Waals surface area contributed by atoms with Crippen LogP contribution in [0.2, 0.25) is 0 Å². The second kappa shape index (κ2) is 7.81. The maximum Gasteiger partial charge on any atom is 0.129 e. The number of aromatic nitrogens is 1. The third-order valence-corrected chi connectivity index (χ3v) is 4.15. The summed E-state index contributed by atoms with van der Waals surface area (Å²) in [7, 11) is 2.07. The first-order valence-corrected chi connectivity index (χ1v) is 8.46. The first-order chi connectivity index (χ1) is 10.1. The van der Waals surface area contributed by atoms with Gasteiger partial charge in [0.15, 0.2) is 0 Å². The predicted molar refractivity (Wildman–Crippen MR) is 94.0 cm³/mol. The zero-order valence-electron chi connectivity index (χ0n) is 12.4. The normalized spacial score (nSPS) is 10.7. The minimum atomic E-state index is 0.526. The molecule has 0 unspecified atom stereocenters. The van der Waals surface area contributed by atoms with E-state index in [0.29, 0.717) is 5.88 Å². The van der Waals surface area contributed by atoms with Crippen LogP contribution in [0.15, 0.2) is 40.9 Å². The van der Waals surface area contributed by atoms with Gasteiger partial charge in [-0.2, -0.15) is 0 Å². The lowest BCUT2D eigenvalue weighted by Crippen LogP contribution is -2.18. The van der Waals surface area contributed by atoms with Crippen LogP contribution in [-0.2, 0) is 18.8 Å². The van der Waals surface area contributed by atoms with Crippen molar-refractivity contribution >= 4 is 33.3 Å². The van der Waals surface area contributed by atoms with Gasteiger partial charge in [0.2, 0.25) is 0 Å². The van der Waals surface area contributed by atoms with Gasteiger partial charge < -0.3 is 4.90 Å². The third kappa shape index (κ3) is 4.72. The molecule has 4 heteroatoms. The van der Waals surface area contributed by atoms with E-state index in [-0.39, 0.29) is 0 Å². The molecule has 0 N–H and O–H groups in total. The van der Waals surface area contributed by atoms with Crippen molar-refractivity contribution in [1.29, 1.82) is 0 Å². The van der Waals surface area contributed by atoms with E-state index in [1.807, 2.05) is 0 Å². The van der Waals surface area contributed by atoms with Crippen molar-refractivity contribution in [3.63, 3.8) is 0 Å². The lowest BCUT2D eigenvalue weighted by atomic mass is 10.1. The molecule has 2 nitrogen and oxygen atoms in total. The highest BCUT2D eigenvalue weighted by molar-refractivity contribution is 9.10. The molecule has 21 heavy (non-hydrogen) atoms. The van der Waals surface area contributed by atoms with Crippen molar-refractivity contribution in [2.24, 2.45) is 0 Å². The summed E-state index contributed by atoms with van der Waals surface area (Å²) in [6.07, 6.45) is 2.08. The third-order valence-electron chi connectivity index (χ3n) is 3.31. The quantitative estimate of drug-likeness (QED) is 0.655. The SMILES string of the molecule is CCCc1cc(CCl)cc(N(C)Cc2ccc(Br)cc2)n1. The second-order valence-electron chi connectivity index (χ2n) is 5.19. The Kier molecular flexibility index (Phi) is 6.07. The molecule has 0 spiro atoms. The molecule has 0 fully saturated rings. The molecule has 2 aromatic rings. The molecule has 0 saturated heterocycles. The maximum atomic E-state index is 6.00. The largest absolute Gasteiger partial charge is 0.355 e. The number of benzene rings is 1. The molecule has 0 atom stereocenters. The minimum absolute atomic E-state index is 0.526. The smallest absolute Gasteiger partial charge is 0.129 e. The summed E-state index contributed by atoms with van der Waals surface area (Å²) < 4.78 is 1.10. The van der Waals surface area contributed by atoms with Crippen LogP contribution >= 0.6 is 27.5 Å². The molecule has 112 valence electrons. The van der Waals surface area contributed by atoms with Gasteiger partial charge >= 0.3 is 0 Å². The Hall–Kier alpha value is -1.06. The van der Waals surface area contributed by atoms with Crippen LogP contribution < -0.4 is 4.90 Å². The Morgan fingerprint density at radius 2 is 1.86 bits per heavy atom. The molecule has 0 saturated carbocycles. The number of hydrogen-bond acceptors (Lipinski definition) is 2. The summed E-state index contributed by atoms with van der Waals surface area (Å²) in [6, 6.07) is 12.6. The van der Waals surface area contributed by atoms with E-state index >= 15 is 0 Å². The standard InChI is InChI=1S/C17H20BrClN2/c1-3-4-16-9-14(11-19)10-17(20-16)21(2)12-13-5-7-15(18)8-6-13/h5-10H,3-4,11-12H2,1-2H3. The minimum Gasteiger partial charge on any atom is -0.355 e. The number of rotatable bonds is 6. The molecule has 0 radical (unpaired) electrons. The predicted octanol–water partition coefficient (Wildman–Crippen LogP) is 5.17. The first-order valence-electron chi connectivity index (χ1n) is 7.13. The van der Waals surface area contributed by atoms with Gasteiger partial charge in [-0.15, -0.1) is 11.6 Å². The van der Waals surface area contributed by atoms with E-state index < -0.39 is 0 Å². The highest BCUT2D eigenvalue weighted by atomic mass is 79.9. The van der Waals surface area contributed by atoms with Gasteiger partial charge in [-0.25, -0.2) is 4.98 Å². The van der Waals surface area contributed by atoms with Gasteiger partial charge in [-0.1, -0.05) is 41.4 Å². The van der Waals surface area contributed by atoms with E-state index in [4.69, 9.17) is 16.6 Å². The maximum absolute atomic E-state index is 6.00. The van der Waals surface area contributed by atoms with E-state index in [2.05, 4.69) is 71.2 Å². The molecule has 0 aliphatic carbocycles. The number of hydrogen-bond donors (Lipinski definition) is 0. The molecule has 1 aromatic heterocycles. The van der Waals surface area contributed by atoms with Crippen LogP contribution in [0.3, 0.4) is 0 Å². The van der Waals surface area contributed by atoms with Crippen molar-refractivity contribution in [2.45, 2.75) is 32.2 Å². The van der Waals surface area contributed by atoms with Crippen molar-refractivity contribution in [3.8, 4) is 0 Å². The zero-order valence-corrected chi connectivity index (χ0v) is 14.8. The van der Waals surface area contributed by atoms with Gasteiger partial charge in [0.25, 0.3) is 0 Å². The number of halogens is 2. The Labute approximate surface area is 140 Å². The lowest BCUT2D eigenvalue weighted by Gasteiger charge is -2.20. The highest BCUT2D eigenvalue weighted by Gasteiger charge is 2.07. The average molecular weight is 368 g/mol. The highest BCUT2D eigenvalue weighted by Crippen LogP contribution is 2.19. The molecular formula is C17H20BrClN2. The van der Waals surface area contributed by atoms with Gasteiger partial charge in [-0.05, 0) is 41.8 Å². The Balaban J connectivity index is 2.19. The Morgan fingerprint density at radius 1 is 1.14 bits per heavy atom. The zero-order chi connectivity index (χ0) is 15.2. The number of pyridine rings is 1. The number of alkyl halides is 1. The first kappa shape index (κ1) is 16.3. The molecule has 0 aliphatic heterocycles. The summed E-state index contributed by atoms with van der Waals surface area (Å²) in [5.41, 5.74) is 3.51. The van der Waals surface area contributed by atoms with Crippen molar-refractivity contribution in [3.05, 3.63) is 57.7 Å². The fraction of sp³-hybridized carbons (Fsp3) is 0.353. The Bertz CT molecular complexity index is 584. The molecule has 1 aromatic carbocycles. The number of aryl methyl sites for hydroxylation is 1. The van der Waals surface area contributed by atoms with E-state index in [1.165, 1.54) is 5.56 Å². The molecule has 1 heterocycles. The number of anilines is 1. The summed E-state index contributed by atoms with van der Waals surface area (Å²) in [6.45, 7) is 3.00. The molecule has 0 amide bonds. The summed E-state index contributed by atoms with van der Waals surface area (Å²) in [5, 5.41) is 0. The Morgan fingerprint density at radius 3 is 2.48 bits per heavy atom. The number of nitrogens with zero attached hydrogens (tertiary/aromatic N) is 2. The van der Waals surface area contributed by atoms with Crippen LogP contribution in [0.25, 0.3) is 0 Å². The fourth-order valence-corrected chi connectivity index (χ4v) is 2.65. The fourth-order valence-electron chi connectivity index (χ4n) is 2.23. The summed E-state index contributed by atoms with van der Waals surface area (Å²) >= 11 is 9.46. The van der Waals surface area contributed by atoms with Crippen LogP contribution in [0.1, 0.15) is 30.2 Å². The van der Waals surface area contributed by atoms with Crippen molar-refractivity contribution < 1.29 is 0 Å². The lowest BCUT2D eigenvalue weighted by molar-refractivity contribution is 0.846. The van der Waals surface area contributed by atoms with Crippen molar-refractivity contribution in [1.82, 2.24) is 4.98 Å². The topological polar surface area (TPSA) is 16.1 Å². The summed E-state index contributed by atoms with van der Waals surface area (Å²) in [5.74, 6) is 1.51. The second-order valence-corrected chi connectivity index (χ2v) is 6.37. The molecule has 2 rings (SSSR count). The average Bonchev–Trinajstić information content (AvgIpc) is 2.49. The van der Waals surface area contributed by atoms with E-state index in [0.717, 1.165) is 40.9 Å². The van der Waals surface area contributed by atoms with Crippen LogP contribution in [0.5, 0.6) is 0 Å². The van der Waals surface area contributed by atoms with Crippen LogP contribution in [0, 0.1) is 0 Å².